The van der Waals surface area contributed by atoms with Crippen LogP contribution in [0, 0.1) is 0 Å². The molecule has 21 heavy (non-hydrogen) atoms. The lowest BCUT2D eigenvalue weighted by atomic mass is 9.99. The van der Waals surface area contributed by atoms with Crippen LogP contribution >= 0.6 is 15.9 Å². The summed E-state index contributed by atoms with van der Waals surface area (Å²) in [5.74, 6) is 1.73. The maximum Gasteiger partial charge on any atom is 0.120 e. The Morgan fingerprint density at radius 1 is 1.05 bits per heavy atom. The Morgan fingerprint density at radius 2 is 1.76 bits per heavy atom. The number of halogens is 1. The maximum absolute atomic E-state index is 5.28. The second-order valence-electron chi connectivity index (χ2n) is 4.78. The zero-order valence-corrected chi connectivity index (χ0v) is 14.1. The average molecular weight is 350 g/mol. The number of hydrogen-bond donors (Lipinski definition) is 1. The number of methoxy groups -OCH3 is 2. The molecular formula is C17H20BrNO2. The minimum absolute atomic E-state index is 0.220. The van der Waals surface area contributed by atoms with Crippen LogP contribution in [-0.4, -0.2) is 21.3 Å². The van der Waals surface area contributed by atoms with Crippen LogP contribution < -0.4 is 14.8 Å². The van der Waals surface area contributed by atoms with Crippen molar-refractivity contribution in [2.24, 2.45) is 0 Å². The molecule has 0 aliphatic heterocycles. The first-order valence-corrected chi connectivity index (χ1v) is 7.61. The van der Waals surface area contributed by atoms with Crippen molar-refractivity contribution in [3.63, 3.8) is 0 Å². The number of benzene rings is 2. The van der Waals surface area contributed by atoms with Gasteiger partial charge in [-0.05, 0) is 48.9 Å². The van der Waals surface area contributed by atoms with E-state index in [0.717, 1.165) is 22.4 Å². The van der Waals surface area contributed by atoms with Gasteiger partial charge in [0.15, 0.2) is 0 Å². The van der Waals surface area contributed by atoms with Gasteiger partial charge in [0.05, 0.1) is 14.2 Å². The average Bonchev–Trinajstić information content (AvgIpc) is 2.53. The molecular weight excluding hydrogens is 330 g/mol. The summed E-state index contributed by atoms with van der Waals surface area (Å²) in [6.45, 7) is 0. The highest BCUT2D eigenvalue weighted by Crippen LogP contribution is 2.30. The third-order valence-corrected chi connectivity index (χ3v) is 4.19. The van der Waals surface area contributed by atoms with E-state index in [0.29, 0.717) is 0 Å². The highest BCUT2D eigenvalue weighted by atomic mass is 79.9. The van der Waals surface area contributed by atoms with Gasteiger partial charge in [0.2, 0.25) is 0 Å². The predicted octanol–water partition coefficient (Wildman–Crippen LogP) is 3.97. The van der Waals surface area contributed by atoms with Crippen molar-refractivity contribution in [2.45, 2.75) is 12.5 Å². The molecule has 1 N–H and O–H groups in total. The van der Waals surface area contributed by atoms with Crippen LogP contribution in [0.4, 0.5) is 0 Å². The lowest BCUT2D eigenvalue weighted by molar-refractivity contribution is 0.413. The number of rotatable bonds is 6. The quantitative estimate of drug-likeness (QED) is 0.855. The van der Waals surface area contributed by atoms with E-state index in [1.807, 2.05) is 31.3 Å². The Kier molecular flexibility index (Phi) is 5.65. The molecule has 2 rings (SSSR count). The van der Waals surface area contributed by atoms with Crippen molar-refractivity contribution >= 4 is 15.9 Å². The minimum atomic E-state index is 0.220. The Labute approximate surface area is 134 Å². The summed E-state index contributed by atoms with van der Waals surface area (Å²) >= 11 is 3.63. The van der Waals surface area contributed by atoms with Crippen LogP contribution in [-0.2, 0) is 6.42 Å². The summed E-state index contributed by atoms with van der Waals surface area (Å²) in [7, 11) is 5.34. The lowest BCUT2D eigenvalue weighted by Gasteiger charge is -2.19. The maximum atomic E-state index is 5.28. The van der Waals surface area contributed by atoms with Crippen LogP contribution in [0.25, 0.3) is 0 Å². The summed E-state index contributed by atoms with van der Waals surface area (Å²) in [5, 5.41) is 3.37. The lowest BCUT2D eigenvalue weighted by Crippen LogP contribution is -2.19. The molecule has 0 heterocycles. The van der Waals surface area contributed by atoms with Crippen molar-refractivity contribution in [3.8, 4) is 11.5 Å². The fraction of sp³-hybridized carbons (Fsp3) is 0.294. The van der Waals surface area contributed by atoms with Gasteiger partial charge in [-0.1, -0.05) is 34.1 Å². The number of ether oxygens (including phenoxy) is 2. The van der Waals surface area contributed by atoms with E-state index in [1.165, 1.54) is 11.1 Å². The van der Waals surface area contributed by atoms with Gasteiger partial charge in [0.1, 0.15) is 11.5 Å². The fourth-order valence-corrected chi connectivity index (χ4v) is 2.95. The van der Waals surface area contributed by atoms with Gasteiger partial charge in [-0.3, -0.25) is 0 Å². The number of likely N-dealkylation sites (N-methyl/N-ethyl adjacent to an activating group) is 1. The molecule has 2 aromatic rings. The Balaban J connectivity index is 2.23. The van der Waals surface area contributed by atoms with Gasteiger partial charge in [-0.25, -0.2) is 0 Å². The summed E-state index contributed by atoms with van der Waals surface area (Å²) in [5.41, 5.74) is 2.44. The smallest absolute Gasteiger partial charge is 0.120 e. The summed E-state index contributed by atoms with van der Waals surface area (Å²) < 4.78 is 11.6. The molecule has 112 valence electrons. The van der Waals surface area contributed by atoms with Crippen LogP contribution in [0.15, 0.2) is 46.9 Å². The molecule has 0 fully saturated rings. The SMILES string of the molecule is CNC(Cc1cccc(OC)c1)c1ccc(OC)cc1Br. The zero-order chi connectivity index (χ0) is 15.2. The topological polar surface area (TPSA) is 30.5 Å². The molecule has 0 aliphatic carbocycles. The van der Waals surface area contributed by atoms with Crippen molar-refractivity contribution in [2.75, 3.05) is 21.3 Å². The van der Waals surface area contributed by atoms with E-state index in [1.54, 1.807) is 14.2 Å². The van der Waals surface area contributed by atoms with Gasteiger partial charge >= 0.3 is 0 Å². The highest BCUT2D eigenvalue weighted by molar-refractivity contribution is 9.10. The second-order valence-corrected chi connectivity index (χ2v) is 5.64. The van der Waals surface area contributed by atoms with E-state index in [-0.39, 0.29) is 6.04 Å². The van der Waals surface area contributed by atoms with Gasteiger partial charge in [-0.15, -0.1) is 0 Å². The van der Waals surface area contributed by atoms with Crippen molar-refractivity contribution in [1.29, 1.82) is 0 Å². The molecule has 0 aromatic heterocycles. The van der Waals surface area contributed by atoms with E-state index < -0.39 is 0 Å². The van der Waals surface area contributed by atoms with Crippen molar-refractivity contribution in [3.05, 3.63) is 58.1 Å². The monoisotopic (exact) mass is 349 g/mol. The Hall–Kier alpha value is -1.52. The summed E-state index contributed by atoms with van der Waals surface area (Å²) in [6, 6.07) is 14.4. The summed E-state index contributed by atoms with van der Waals surface area (Å²) in [6.07, 6.45) is 0.888. The minimum Gasteiger partial charge on any atom is -0.497 e. The molecule has 2 aromatic carbocycles. The van der Waals surface area contributed by atoms with Crippen LogP contribution in [0.3, 0.4) is 0 Å². The fourth-order valence-electron chi connectivity index (χ4n) is 2.32. The molecule has 3 nitrogen and oxygen atoms in total. The molecule has 0 saturated heterocycles. The van der Waals surface area contributed by atoms with Gasteiger partial charge in [0.25, 0.3) is 0 Å². The first-order valence-electron chi connectivity index (χ1n) is 6.81. The molecule has 0 amide bonds. The molecule has 4 heteroatoms. The molecule has 0 radical (unpaired) electrons. The molecule has 0 spiro atoms. The third-order valence-electron chi connectivity index (χ3n) is 3.51. The Morgan fingerprint density at radius 3 is 2.38 bits per heavy atom. The van der Waals surface area contributed by atoms with Gasteiger partial charge < -0.3 is 14.8 Å². The van der Waals surface area contributed by atoms with E-state index in [4.69, 9.17) is 9.47 Å². The van der Waals surface area contributed by atoms with E-state index in [9.17, 15) is 0 Å². The summed E-state index contributed by atoms with van der Waals surface area (Å²) in [4.78, 5) is 0. The first kappa shape index (κ1) is 15.9. The van der Waals surface area contributed by atoms with Crippen LogP contribution in [0.2, 0.25) is 0 Å². The predicted molar refractivity (Wildman–Crippen MR) is 89.2 cm³/mol. The molecule has 0 aliphatic rings. The zero-order valence-electron chi connectivity index (χ0n) is 12.5. The van der Waals surface area contributed by atoms with Gasteiger partial charge in [0, 0.05) is 10.5 Å². The molecule has 1 unspecified atom stereocenters. The number of nitrogens with one attached hydrogen (secondary N) is 1. The molecule has 0 bridgehead atoms. The van der Waals surface area contributed by atoms with Crippen molar-refractivity contribution in [1.82, 2.24) is 5.32 Å². The second kappa shape index (κ2) is 7.48. The van der Waals surface area contributed by atoms with E-state index in [2.05, 4.69) is 39.4 Å². The standard InChI is InChI=1S/C17H20BrNO2/c1-19-17(10-12-5-4-6-13(9-12)20-2)15-8-7-14(21-3)11-16(15)18/h4-9,11,17,19H,10H2,1-3H3. The number of hydrogen-bond acceptors (Lipinski definition) is 3. The largest absolute Gasteiger partial charge is 0.497 e. The molecule has 1 atom stereocenters. The van der Waals surface area contributed by atoms with Crippen molar-refractivity contribution < 1.29 is 9.47 Å². The third kappa shape index (κ3) is 3.99. The van der Waals surface area contributed by atoms with Crippen LogP contribution in [0.5, 0.6) is 11.5 Å². The molecule has 0 saturated carbocycles. The normalized spacial score (nSPS) is 12.0. The highest BCUT2D eigenvalue weighted by Gasteiger charge is 2.14. The first-order chi connectivity index (χ1) is 10.2. The van der Waals surface area contributed by atoms with Gasteiger partial charge in [-0.2, -0.15) is 0 Å². The van der Waals surface area contributed by atoms with Crippen LogP contribution in [0.1, 0.15) is 17.2 Å². The van der Waals surface area contributed by atoms with E-state index >= 15 is 0 Å². The Bertz CT molecular complexity index is 601.